The summed E-state index contributed by atoms with van der Waals surface area (Å²) in [6, 6.07) is 0. The topological polar surface area (TPSA) is 79.4 Å². The molecule has 1 N–H and O–H groups in total. The Morgan fingerprint density at radius 2 is 2.05 bits per heavy atom. The van der Waals surface area contributed by atoms with Crippen LogP contribution in [0.5, 0.6) is 0 Å². The van der Waals surface area contributed by atoms with Gasteiger partial charge in [0, 0.05) is 24.6 Å². The second-order valence-electron chi connectivity index (χ2n) is 4.85. The number of thiazole rings is 1. The second-order valence-corrected chi connectivity index (χ2v) is 8.05. The fourth-order valence-corrected chi connectivity index (χ4v) is 3.00. The summed E-state index contributed by atoms with van der Waals surface area (Å²) in [6.45, 7) is 7.34. The minimum atomic E-state index is -3.10. The number of carbonyl (C=O) groups excluding carboxylic acids is 1. The summed E-state index contributed by atoms with van der Waals surface area (Å²) in [5.74, 6) is -0.384. The van der Waals surface area contributed by atoms with Crippen molar-refractivity contribution in [3.05, 3.63) is 16.1 Å². The second kappa shape index (κ2) is 8.45. The first-order valence-electron chi connectivity index (χ1n) is 6.94. The maximum Gasteiger partial charge on any atom is 0.221 e. The molecule has 0 saturated carbocycles. The summed E-state index contributed by atoms with van der Waals surface area (Å²) in [4.78, 5) is 18.3. The number of sulfone groups is 1. The van der Waals surface area contributed by atoms with Crippen LogP contribution in [0.1, 0.15) is 31.0 Å². The highest BCUT2D eigenvalue weighted by Crippen LogP contribution is 2.11. The SMILES string of the molecule is CCN(CC)Cc1csc(CNC(=O)CCS(C)(=O)=O)n1. The lowest BCUT2D eigenvalue weighted by Crippen LogP contribution is -2.25. The van der Waals surface area contributed by atoms with Crippen molar-refractivity contribution in [1.82, 2.24) is 15.2 Å². The van der Waals surface area contributed by atoms with Crippen molar-refractivity contribution in [3.63, 3.8) is 0 Å². The summed E-state index contributed by atoms with van der Waals surface area (Å²) >= 11 is 1.51. The maximum atomic E-state index is 11.5. The van der Waals surface area contributed by atoms with Crippen molar-refractivity contribution in [2.45, 2.75) is 33.4 Å². The zero-order chi connectivity index (χ0) is 15.9. The molecule has 0 saturated heterocycles. The molecular formula is C13H23N3O3S2. The molecule has 0 atom stereocenters. The Bertz CT molecular complexity index is 551. The molecule has 1 heterocycles. The monoisotopic (exact) mass is 333 g/mol. The molecule has 0 aromatic carbocycles. The maximum absolute atomic E-state index is 11.5. The lowest BCUT2D eigenvalue weighted by molar-refractivity contribution is -0.120. The van der Waals surface area contributed by atoms with E-state index in [1.165, 1.54) is 11.3 Å². The quantitative estimate of drug-likeness (QED) is 0.730. The van der Waals surface area contributed by atoms with Crippen molar-refractivity contribution in [1.29, 1.82) is 0 Å². The van der Waals surface area contributed by atoms with Gasteiger partial charge < -0.3 is 5.32 Å². The molecule has 120 valence electrons. The Morgan fingerprint density at radius 1 is 1.38 bits per heavy atom. The predicted molar refractivity (Wildman–Crippen MR) is 84.9 cm³/mol. The van der Waals surface area contributed by atoms with E-state index in [2.05, 4.69) is 29.0 Å². The number of amides is 1. The van der Waals surface area contributed by atoms with Crippen LogP contribution in [0, 0.1) is 0 Å². The molecule has 0 aliphatic rings. The van der Waals surface area contributed by atoms with Crippen LogP contribution in [0.25, 0.3) is 0 Å². The number of aromatic nitrogens is 1. The smallest absolute Gasteiger partial charge is 0.221 e. The van der Waals surface area contributed by atoms with Crippen LogP contribution in [0.15, 0.2) is 5.38 Å². The fourth-order valence-electron chi connectivity index (χ4n) is 1.72. The van der Waals surface area contributed by atoms with Crippen LogP contribution >= 0.6 is 11.3 Å². The fraction of sp³-hybridized carbons (Fsp3) is 0.692. The van der Waals surface area contributed by atoms with Crippen molar-refractivity contribution >= 4 is 27.1 Å². The standard InChI is InChI=1S/C13H23N3O3S2/c1-4-16(5-2)9-11-10-20-13(15-11)8-14-12(17)6-7-21(3,18)19/h10H,4-9H2,1-3H3,(H,14,17). The molecule has 0 bridgehead atoms. The third kappa shape index (κ3) is 7.54. The van der Waals surface area contributed by atoms with Crippen molar-refractivity contribution < 1.29 is 13.2 Å². The summed E-state index contributed by atoms with van der Waals surface area (Å²) in [6.07, 6.45) is 1.12. The normalized spacial score (nSPS) is 11.8. The Morgan fingerprint density at radius 3 is 2.62 bits per heavy atom. The summed E-state index contributed by atoms with van der Waals surface area (Å²) < 4.78 is 22.0. The molecule has 1 amide bonds. The zero-order valence-electron chi connectivity index (χ0n) is 12.8. The number of nitrogens with one attached hydrogen (secondary N) is 1. The molecule has 0 aliphatic carbocycles. The van der Waals surface area contributed by atoms with E-state index in [1.807, 2.05) is 5.38 Å². The molecule has 1 rings (SSSR count). The molecule has 1 aromatic rings. The molecule has 0 spiro atoms. The highest BCUT2D eigenvalue weighted by atomic mass is 32.2. The van der Waals surface area contributed by atoms with E-state index in [0.717, 1.165) is 36.6 Å². The first-order valence-corrected chi connectivity index (χ1v) is 9.88. The van der Waals surface area contributed by atoms with Crippen LogP contribution in [0.3, 0.4) is 0 Å². The van der Waals surface area contributed by atoms with Gasteiger partial charge in [0.1, 0.15) is 14.8 Å². The predicted octanol–water partition coefficient (Wildman–Crippen LogP) is 1.04. The third-order valence-corrected chi connectivity index (χ3v) is 4.86. The van der Waals surface area contributed by atoms with Gasteiger partial charge >= 0.3 is 0 Å². The van der Waals surface area contributed by atoms with Crippen molar-refractivity contribution in [2.24, 2.45) is 0 Å². The van der Waals surface area contributed by atoms with Gasteiger partial charge in [-0.2, -0.15) is 0 Å². The average molecular weight is 333 g/mol. The van der Waals surface area contributed by atoms with Crippen LogP contribution in [0.2, 0.25) is 0 Å². The van der Waals surface area contributed by atoms with Gasteiger partial charge in [-0.3, -0.25) is 9.69 Å². The van der Waals surface area contributed by atoms with E-state index in [1.54, 1.807) is 0 Å². The van der Waals surface area contributed by atoms with Gasteiger partial charge in [0.05, 0.1) is 18.0 Å². The largest absolute Gasteiger partial charge is 0.350 e. The molecule has 0 aliphatic heterocycles. The van der Waals surface area contributed by atoms with Gasteiger partial charge in [0.25, 0.3) is 0 Å². The van der Waals surface area contributed by atoms with Crippen LogP contribution < -0.4 is 5.32 Å². The van der Waals surface area contributed by atoms with E-state index in [4.69, 9.17) is 0 Å². The average Bonchev–Trinajstić information content (AvgIpc) is 2.87. The van der Waals surface area contributed by atoms with Crippen molar-refractivity contribution in [2.75, 3.05) is 25.1 Å². The Hall–Kier alpha value is -0.990. The van der Waals surface area contributed by atoms with Gasteiger partial charge in [-0.15, -0.1) is 11.3 Å². The van der Waals surface area contributed by atoms with Crippen LogP contribution in [-0.2, 0) is 27.7 Å². The molecule has 8 heteroatoms. The van der Waals surface area contributed by atoms with Gasteiger partial charge in [-0.1, -0.05) is 13.8 Å². The molecule has 0 unspecified atom stereocenters. The molecule has 1 aromatic heterocycles. The zero-order valence-corrected chi connectivity index (χ0v) is 14.4. The van der Waals surface area contributed by atoms with E-state index in [-0.39, 0.29) is 18.1 Å². The first-order chi connectivity index (χ1) is 9.84. The van der Waals surface area contributed by atoms with Crippen LogP contribution in [0.4, 0.5) is 0 Å². The third-order valence-electron chi connectivity index (χ3n) is 3.02. The van der Waals surface area contributed by atoms with Gasteiger partial charge in [-0.25, -0.2) is 13.4 Å². The van der Waals surface area contributed by atoms with Gasteiger partial charge in [0.2, 0.25) is 5.91 Å². The summed E-state index contributed by atoms with van der Waals surface area (Å²) in [7, 11) is -3.10. The molecular weight excluding hydrogens is 310 g/mol. The molecule has 21 heavy (non-hydrogen) atoms. The highest BCUT2D eigenvalue weighted by Gasteiger charge is 2.10. The van der Waals surface area contributed by atoms with Crippen LogP contribution in [-0.4, -0.2) is 49.3 Å². The summed E-state index contributed by atoms with van der Waals surface area (Å²) in [5, 5.41) is 5.53. The lowest BCUT2D eigenvalue weighted by Gasteiger charge is -2.15. The first kappa shape index (κ1) is 18.1. The lowest BCUT2D eigenvalue weighted by atomic mass is 10.4. The Kier molecular flexibility index (Phi) is 7.27. The minimum Gasteiger partial charge on any atom is -0.350 e. The Balaban J connectivity index is 2.39. The minimum absolute atomic E-state index is 0.00346. The Labute approximate surface area is 130 Å². The van der Waals surface area contributed by atoms with E-state index >= 15 is 0 Å². The molecule has 6 nitrogen and oxygen atoms in total. The highest BCUT2D eigenvalue weighted by molar-refractivity contribution is 7.90. The molecule has 0 radical (unpaired) electrons. The number of hydrogen-bond donors (Lipinski definition) is 1. The number of hydrogen-bond acceptors (Lipinski definition) is 6. The summed E-state index contributed by atoms with van der Waals surface area (Å²) in [5.41, 5.74) is 1.00. The number of rotatable bonds is 9. The van der Waals surface area contributed by atoms with E-state index in [9.17, 15) is 13.2 Å². The van der Waals surface area contributed by atoms with E-state index in [0.29, 0.717) is 6.54 Å². The number of carbonyl (C=O) groups is 1. The van der Waals surface area contributed by atoms with E-state index < -0.39 is 9.84 Å². The van der Waals surface area contributed by atoms with Crippen molar-refractivity contribution in [3.8, 4) is 0 Å². The van der Waals surface area contributed by atoms with Gasteiger partial charge in [-0.05, 0) is 13.1 Å². The number of nitrogens with zero attached hydrogens (tertiary/aromatic N) is 2. The van der Waals surface area contributed by atoms with Gasteiger partial charge in [0.15, 0.2) is 0 Å². The molecule has 0 fully saturated rings.